The maximum absolute atomic E-state index is 12.5. The summed E-state index contributed by atoms with van der Waals surface area (Å²) in [7, 11) is 3.16. The van der Waals surface area contributed by atoms with Crippen molar-refractivity contribution < 1.29 is 14.3 Å². The van der Waals surface area contributed by atoms with E-state index in [-0.39, 0.29) is 11.6 Å². The highest BCUT2D eigenvalue weighted by molar-refractivity contribution is 5.92. The second-order valence-electron chi connectivity index (χ2n) is 6.58. The predicted octanol–water partition coefficient (Wildman–Crippen LogP) is 3.78. The first-order chi connectivity index (χ1) is 14.0. The molecule has 1 heterocycles. The molecule has 0 atom stereocenters. The number of hydrogen-bond acceptors (Lipinski definition) is 6. The molecule has 3 rings (SSSR count). The van der Waals surface area contributed by atoms with E-state index in [4.69, 9.17) is 9.47 Å². The SMILES string of the molecule is COc1ccc(CNC(=O)c2ccnc(Nc3cc(C)ccc3C)n2)cc1OC. The van der Waals surface area contributed by atoms with Crippen LogP contribution in [0.4, 0.5) is 11.6 Å². The predicted molar refractivity (Wildman–Crippen MR) is 112 cm³/mol. The molecule has 1 aromatic heterocycles. The fourth-order valence-corrected chi connectivity index (χ4v) is 2.80. The van der Waals surface area contributed by atoms with E-state index >= 15 is 0 Å². The summed E-state index contributed by atoms with van der Waals surface area (Å²) in [4.78, 5) is 21.1. The van der Waals surface area contributed by atoms with Crippen molar-refractivity contribution in [3.05, 3.63) is 71.0 Å². The molecule has 2 aromatic carbocycles. The van der Waals surface area contributed by atoms with Crippen molar-refractivity contribution in [1.82, 2.24) is 15.3 Å². The maximum Gasteiger partial charge on any atom is 0.270 e. The molecule has 0 saturated heterocycles. The molecule has 0 radical (unpaired) electrons. The average Bonchev–Trinajstić information content (AvgIpc) is 2.74. The van der Waals surface area contributed by atoms with Crippen LogP contribution in [0.15, 0.2) is 48.7 Å². The maximum atomic E-state index is 12.5. The van der Waals surface area contributed by atoms with E-state index < -0.39 is 0 Å². The van der Waals surface area contributed by atoms with Crippen molar-refractivity contribution in [2.45, 2.75) is 20.4 Å². The number of aromatic nitrogens is 2. The quantitative estimate of drug-likeness (QED) is 0.636. The van der Waals surface area contributed by atoms with E-state index in [1.807, 2.05) is 44.2 Å². The number of nitrogens with one attached hydrogen (secondary N) is 2. The number of methoxy groups -OCH3 is 2. The third-order valence-corrected chi connectivity index (χ3v) is 4.43. The van der Waals surface area contributed by atoms with Gasteiger partial charge in [0.15, 0.2) is 11.5 Å². The summed E-state index contributed by atoms with van der Waals surface area (Å²) < 4.78 is 10.5. The van der Waals surface area contributed by atoms with Crippen LogP contribution in [-0.2, 0) is 6.54 Å². The van der Waals surface area contributed by atoms with Crippen LogP contribution in [-0.4, -0.2) is 30.1 Å². The first-order valence-electron chi connectivity index (χ1n) is 9.16. The molecule has 0 aliphatic heterocycles. The minimum absolute atomic E-state index is 0.285. The van der Waals surface area contributed by atoms with Gasteiger partial charge in [-0.15, -0.1) is 0 Å². The van der Waals surface area contributed by atoms with Gasteiger partial charge in [-0.1, -0.05) is 18.2 Å². The van der Waals surface area contributed by atoms with E-state index in [0.29, 0.717) is 24.0 Å². The lowest BCUT2D eigenvalue weighted by molar-refractivity contribution is 0.0946. The molecular formula is C22H24N4O3. The molecule has 7 heteroatoms. The Kier molecular flexibility index (Phi) is 6.29. The smallest absolute Gasteiger partial charge is 0.270 e. The average molecular weight is 392 g/mol. The molecule has 3 aromatic rings. The lowest BCUT2D eigenvalue weighted by Crippen LogP contribution is -2.24. The van der Waals surface area contributed by atoms with Crippen LogP contribution in [0.25, 0.3) is 0 Å². The molecule has 0 spiro atoms. The van der Waals surface area contributed by atoms with Crippen LogP contribution >= 0.6 is 0 Å². The summed E-state index contributed by atoms with van der Waals surface area (Å²) >= 11 is 0. The number of hydrogen-bond donors (Lipinski definition) is 2. The summed E-state index contributed by atoms with van der Waals surface area (Å²) in [5.41, 5.74) is 4.28. The van der Waals surface area contributed by atoms with E-state index in [9.17, 15) is 4.79 Å². The molecule has 1 amide bonds. The Morgan fingerprint density at radius 3 is 2.55 bits per heavy atom. The van der Waals surface area contributed by atoms with Crippen LogP contribution < -0.4 is 20.1 Å². The van der Waals surface area contributed by atoms with Crippen molar-refractivity contribution in [2.75, 3.05) is 19.5 Å². The van der Waals surface area contributed by atoms with Gasteiger partial charge in [-0.25, -0.2) is 9.97 Å². The van der Waals surface area contributed by atoms with Crippen LogP contribution in [0.2, 0.25) is 0 Å². The molecule has 0 aliphatic rings. The number of amides is 1. The van der Waals surface area contributed by atoms with E-state index in [2.05, 4.69) is 20.6 Å². The van der Waals surface area contributed by atoms with Crippen molar-refractivity contribution >= 4 is 17.5 Å². The second kappa shape index (κ2) is 9.05. The number of rotatable bonds is 7. The van der Waals surface area contributed by atoms with Gasteiger partial charge in [0, 0.05) is 18.4 Å². The van der Waals surface area contributed by atoms with Crippen LogP contribution in [0.3, 0.4) is 0 Å². The molecule has 0 saturated carbocycles. The van der Waals surface area contributed by atoms with Crippen molar-refractivity contribution in [2.24, 2.45) is 0 Å². The first kappa shape index (κ1) is 20.1. The van der Waals surface area contributed by atoms with Gasteiger partial charge in [0.1, 0.15) is 5.69 Å². The Balaban J connectivity index is 1.69. The molecule has 150 valence electrons. The minimum Gasteiger partial charge on any atom is -0.493 e. The highest BCUT2D eigenvalue weighted by atomic mass is 16.5. The number of aryl methyl sites for hydroxylation is 2. The van der Waals surface area contributed by atoms with Crippen molar-refractivity contribution in [1.29, 1.82) is 0 Å². The van der Waals surface area contributed by atoms with Crippen LogP contribution in [0, 0.1) is 13.8 Å². The summed E-state index contributed by atoms with van der Waals surface area (Å²) in [5.74, 6) is 1.34. The van der Waals surface area contributed by atoms with Gasteiger partial charge in [0.2, 0.25) is 5.95 Å². The zero-order valence-corrected chi connectivity index (χ0v) is 16.9. The molecule has 0 aliphatic carbocycles. The minimum atomic E-state index is -0.286. The zero-order chi connectivity index (χ0) is 20.8. The van der Waals surface area contributed by atoms with Gasteiger partial charge in [0.25, 0.3) is 5.91 Å². The Morgan fingerprint density at radius 1 is 1.00 bits per heavy atom. The van der Waals surface area contributed by atoms with E-state index in [1.54, 1.807) is 32.5 Å². The fourth-order valence-electron chi connectivity index (χ4n) is 2.80. The van der Waals surface area contributed by atoms with Gasteiger partial charge < -0.3 is 20.1 Å². The topological polar surface area (TPSA) is 85.4 Å². The molecule has 0 bridgehead atoms. The number of benzene rings is 2. The van der Waals surface area contributed by atoms with Crippen LogP contribution in [0.1, 0.15) is 27.2 Å². The third-order valence-electron chi connectivity index (χ3n) is 4.43. The number of ether oxygens (including phenoxy) is 2. The highest BCUT2D eigenvalue weighted by Crippen LogP contribution is 2.27. The summed E-state index contributed by atoms with van der Waals surface area (Å²) in [5, 5.41) is 6.04. The number of carbonyl (C=O) groups excluding carboxylic acids is 1. The molecule has 29 heavy (non-hydrogen) atoms. The van der Waals surface area contributed by atoms with Gasteiger partial charge in [-0.05, 0) is 54.8 Å². The van der Waals surface area contributed by atoms with Gasteiger partial charge in [-0.2, -0.15) is 0 Å². The number of carbonyl (C=O) groups is 1. The Bertz CT molecular complexity index is 1020. The van der Waals surface area contributed by atoms with Gasteiger partial charge >= 0.3 is 0 Å². The van der Waals surface area contributed by atoms with E-state index in [0.717, 1.165) is 22.4 Å². The standard InChI is InChI=1S/C22H24N4O3/c1-14-5-6-15(2)18(11-14)26-22-23-10-9-17(25-22)21(27)24-13-16-7-8-19(28-3)20(12-16)29-4/h5-12H,13H2,1-4H3,(H,24,27)(H,23,25,26). The summed E-state index contributed by atoms with van der Waals surface area (Å²) in [6.45, 7) is 4.36. The monoisotopic (exact) mass is 392 g/mol. The Hall–Kier alpha value is -3.61. The molecule has 0 unspecified atom stereocenters. The largest absolute Gasteiger partial charge is 0.493 e. The molecular weight excluding hydrogens is 368 g/mol. The Morgan fingerprint density at radius 2 is 1.79 bits per heavy atom. The number of anilines is 2. The first-order valence-corrected chi connectivity index (χ1v) is 9.16. The Labute approximate surface area is 170 Å². The lowest BCUT2D eigenvalue weighted by Gasteiger charge is -2.11. The normalized spacial score (nSPS) is 10.3. The lowest BCUT2D eigenvalue weighted by atomic mass is 10.1. The van der Waals surface area contributed by atoms with Crippen molar-refractivity contribution in [3.8, 4) is 11.5 Å². The number of nitrogens with zero attached hydrogens (tertiary/aromatic N) is 2. The van der Waals surface area contributed by atoms with Crippen molar-refractivity contribution in [3.63, 3.8) is 0 Å². The second-order valence-corrected chi connectivity index (χ2v) is 6.58. The molecule has 2 N–H and O–H groups in total. The summed E-state index contributed by atoms with van der Waals surface area (Å²) in [6.07, 6.45) is 1.56. The zero-order valence-electron chi connectivity index (χ0n) is 16.9. The highest BCUT2D eigenvalue weighted by Gasteiger charge is 2.11. The van der Waals surface area contributed by atoms with Gasteiger partial charge in [0.05, 0.1) is 14.2 Å². The van der Waals surface area contributed by atoms with Crippen LogP contribution in [0.5, 0.6) is 11.5 Å². The van der Waals surface area contributed by atoms with Gasteiger partial charge in [-0.3, -0.25) is 4.79 Å². The molecule has 0 fully saturated rings. The third kappa shape index (κ3) is 5.01. The molecule has 7 nitrogen and oxygen atoms in total. The summed E-state index contributed by atoms with van der Waals surface area (Å²) in [6, 6.07) is 13.2. The fraction of sp³-hybridized carbons (Fsp3) is 0.227. The van der Waals surface area contributed by atoms with E-state index in [1.165, 1.54) is 0 Å².